The first kappa shape index (κ1) is 22.5. The molecule has 0 spiro atoms. The molecule has 6 nitrogen and oxygen atoms in total. The van der Waals surface area contributed by atoms with Crippen LogP contribution in [0.5, 0.6) is 0 Å². The molecule has 5 rings (SSSR count). The Morgan fingerprint density at radius 2 is 1.91 bits per heavy atom. The normalized spacial score (nSPS) is 18.0. The van der Waals surface area contributed by atoms with Gasteiger partial charge in [-0.15, -0.1) is 0 Å². The number of nitrogens with zero attached hydrogens (tertiary/aromatic N) is 5. The molecule has 0 bridgehead atoms. The number of carbonyl (C=O) groups excluding carboxylic acids is 1. The number of amides is 1. The zero-order valence-electron chi connectivity index (χ0n) is 18.1. The smallest absolute Gasteiger partial charge is 0.337 e. The molecule has 0 aliphatic carbocycles. The van der Waals surface area contributed by atoms with Crippen molar-refractivity contribution in [2.75, 3.05) is 13.1 Å². The topological polar surface area (TPSA) is 63.4 Å². The summed E-state index contributed by atoms with van der Waals surface area (Å²) in [7, 11) is 0. The second-order valence-electron chi connectivity index (χ2n) is 8.48. The van der Waals surface area contributed by atoms with E-state index in [-0.39, 0.29) is 34.3 Å². The second-order valence-corrected chi connectivity index (χ2v) is 8.85. The Hall–Kier alpha value is -3.27. The quantitative estimate of drug-likeness (QED) is 0.469. The standard InChI is InChI=1S/C23H18ClF4N5O/c1-11-8-32(9-11)22(34)15-10-33-16-6-5-13(23(26,27)28)18(24)17(16)20(30-12(2)21(33)31-15)19-14(25)4-3-7-29-19/h3-7,10-12H,8-9H2,1-2H3/t12-/m0/s1. The summed E-state index contributed by atoms with van der Waals surface area (Å²) in [6, 6.07) is 3.86. The average Bonchev–Trinajstić information content (AvgIpc) is 3.15. The van der Waals surface area contributed by atoms with E-state index in [0.29, 0.717) is 24.8 Å². The van der Waals surface area contributed by atoms with Crippen molar-refractivity contribution in [3.05, 3.63) is 75.8 Å². The third kappa shape index (κ3) is 3.56. The molecule has 0 saturated carbocycles. The fraction of sp³-hybridized carbons (Fsp3) is 0.304. The van der Waals surface area contributed by atoms with Crippen LogP contribution in [-0.2, 0) is 6.18 Å². The molecule has 1 aromatic carbocycles. The largest absolute Gasteiger partial charge is 0.417 e. The van der Waals surface area contributed by atoms with Gasteiger partial charge in [-0.3, -0.25) is 14.8 Å². The van der Waals surface area contributed by atoms with Crippen LogP contribution < -0.4 is 0 Å². The minimum atomic E-state index is -4.75. The van der Waals surface area contributed by atoms with Crippen LogP contribution in [0.4, 0.5) is 17.6 Å². The number of fused-ring (bicyclic) bond motifs is 3. The van der Waals surface area contributed by atoms with Gasteiger partial charge in [0.2, 0.25) is 0 Å². The highest BCUT2D eigenvalue weighted by molar-refractivity contribution is 6.37. The van der Waals surface area contributed by atoms with E-state index in [0.717, 1.165) is 12.1 Å². The van der Waals surface area contributed by atoms with Gasteiger partial charge in [0, 0.05) is 31.0 Å². The van der Waals surface area contributed by atoms with Gasteiger partial charge in [-0.05, 0) is 37.1 Å². The number of benzene rings is 1. The molecule has 1 amide bonds. The SMILES string of the molecule is CC1CN(C(=O)c2cn3c(n2)[C@H](C)N=C(c2ncccc2F)c2c-3ccc(C(F)(F)F)c2Cl)C1. The summed E-state index contributed by atoms with van der Waals surface area (Å²) in [5, 5.41) is -0.632. The Balaban J connectivity index is 1.74. The van der Waals surface area contributed by atoms with Crippen LogP contribution >= 0.6 is 11.6 Å². The van der Waals surface area contributed by atoms with E-state index in [1.807, 2.05) is 6.92 Å². The molecule has 11 heteroatoms. The maximum atomic E-state index is 14.7. The van der Waals surface area contributed by atoms with Gasteiger partial charge in [-0.25, -0.2) is 9.37 Å². The monoisotopic (exact) mass is 491 g/mol. The maximum absolute atomic E-state index is 14.7. The first-order valence-corrected chi connectivity index (χ1v) is 10.9. The van der Waals surface area contributed by atoms with Gasteiger partial charge in [0.05, 0.1) is 22.0 Å². The third-order valence-corrected chi connectivity index (χ3v) is 6.30. The number of imidazole rings is 1. The van der Waals surface area contributed by atoms with E-state index in [1.165, 1.54) is 29.1 Å². The van der Waals surface area contributed by atoms with Crippen molar-refractivity contribution in [2.45, 2.75) is 26.1 Å². The molecular formula is C23H18ClF4N5O. The third-order valence-electron chi connectivity index (χ3n) is 5.90. The van der Waals surface area contributed by atoms with Crippen LogP contribution in [0.2, 0.25) is 5.02 Å². The van der Waals surface area contributed by atoms with Crippen molar-refractivity contribution in [2.24, 2.45) is 10.9 Å². The molecule has 34 heavy (non-hydrogen) atoms. The number of carbonyl (C=O) groups is 1. The molecule has 176 valence electrons. The van der Waals surface area contributed by atoms with Gasteiger partial charge in [-0.2, -0.15) is 13.2 Å². The molecule has 4 heterocycles. The molecule has 0 unspecified atom stereocenters. The summed E-state index contributed by atoms with van der Waals surface area (Å²) in [5.41, 5.74) is -1.21. The summed E-state index contributed by atoms with van der Waals surface area (Å²) in [6.07, 6.45) is -1.96. The van der Waals surface area contributed by atoms with Crippen molar-refractivity contribution >= 4 is 23.2 Å². The van der Waals surface area contributed by atoms with E-state index in [2.05, 4.69) is 15.0 Å². The van der Waals surface area contributed by atoms with Crippen LogP contribution in [-0.4, -0.2) is 44.1 Å². The van der Waals surface area contributed by atoms with E-state index in [4.69, 9.17) is 11.6 Å². The van der Waals surface area contributed by atoms with Crippen molar-refractivity contribution in [3.63, 3.8) is 0 Å². The molecule has 2 aliphatic heterocycles. The van der Waals surface area contributed by atoms with E-state index < -0.39 is 28.6 Å². The van der Waals surface area contributed by atoms with E-state index >= 15 is 0 Å². The highest BCUT2D eigenvalue weighted by Crippen LogP contribution is 2.41. The summed E-state index contributed by atoms with van der Waals surface area (Å²) in [4.78, 5) is 27.5. The zero-order chi connectivity index (χ0) is 24.4. The Morgan fingerprint density at radius 3 is 2.56 bits per heavy atom. The number of hydrogen-bond acceptors (Lipinski definition) is 4. The molecule has 1 fully saturated rings. The number of rotatable bonds is 2. The zero-order valence-corrected chi connectivity index (χ0v) is 18.8. The molecule has 2 aromatic heterocycles. The van der Waals surface area contributed by atoms with Crippen LogP contribution in [0.1, 0.15) is 53.0 Å². The predicted molar refractivity (Wildman–Crippen MR) is 117 cm³/mol. The van der Waals surface area contributed by atoms with Gasteiger partial charge < -0.3 is 9.47 Å². The summed E-state index contributed by atoms with van der Waals surface area (Å²) in [5.74, 6) is -0.315. The second kappa shape index (κ2) is 7.90. The van der Waals surface area contributed by atoms with Gasteiger partial charge in [0.25, 0.3) is 5.91 Å². The molecule has 1 atom stereocenters. The number of likely N-dealkylation sites (tertiary alicyclic amines) is 1. The number of hydrogen-bond donors (Lipinski definition) is 0. The van der Waals surface area contributed by atoms with Gasteiger partial charge in [-0.1, -0.05) is 18.5 Å². The maximum Gasteiger partial charge on any atom is 0.417 e. The van der Waals surface area contributed by atoms with Crippen molar-refractivity contribution in [1.29, 1.82) is 0 Å². The highest BCUT2D eigenvalue weighted by Gasteiger charge is 2.38. The van der Waals surface area contributed by atoms with Gasteiger partial charge in [0.1, 0.15) is 23.3 Å². The van der Waals surface area contributed by atoms with Crippen molar-refractivity contribution in [3.8, 4) is 5.69 Å². The molecule has 1 saturated heterocycles. The lowest BCUT2D eigenvalue weighted by Crippen LogP contribution is -2.48. The Labute approximate surface area is 196 Å². The van der Waals surface area contributed by atoms with Crippen LogP contribution in [0, 0.1) is 11.7 Å². The number of halogens is 5. The minimum absolute atomic E-state index is 0.119. The first-order valence-electron chi connectivity index (χ1n) is 10.5. The van der Waals surface area contributed by atoms with E-state index in [9.17, 15) is 22.4 Å². The lowest BCUT2D eigenvalue weighted by Gasteiger charge is -2.36. The fourth-order valence-electron chi connectivity index (χ4n) is 4.28. The molecule has 3 aromatic rings. The van der Waals surface area contributed by atoms with Crippen molar-refractivity contribution in [1.82, 2.24) is 19.4 Å². The van der Waals surface area contributed by atoms with Crippen molar-refractivity contribution < 1.29 is 22.4 Å². The lowest BCUT2D eigenvalue weighted by molar-refractivity contribution is -0.137. The number of aromatic nitrogens is 3. The fourth-order valence-corrected chi connectivity index (χ4v) is 4.63. The Kier molecular flexibility index (Phi) is 5.23. The molecule has 2 aliphatic rings. The number of pyridine rings is 1. The summed E-state index contributed by atoms with van der Waals surface area (Å²) < 4.78 is 57.3. The highest BCUT2D eigenvalue weighted by atomic mass is 35.5. The number of aliphatic imine (C=N–C) groups is 1. The van der Waals surface area contributed by atoms with Gasteiger partial charge >= 0.3 is 6.18 Å². The Bertz CT molecular complexity index is 1340. The first-order chi connectivity index (χ1) is 16.1. The lowest BCUT2D eigenvalue weighted by atomic mass is 10.00. The molecular weight excluding hydrogens is 474 g/mol. The summed E-state index contributed by atoms with van der Waals surface area (Å²) >= 11 is 6.30. The van der Waals surface area contributed by atoms with E-state index in [1.54, 1.807) is 11.8 Å². The van der Waals surface area contributed by atoms with Crippen LogP contribution in [0.3, 0.4) is 0 Å². The molecule has 0 N–H and O–H groups in total. The van der Waals surface area contributed by atoms with Gasteiger partial charge in [0.15, 0.2) is 5.82 Å². The Morgan fingerprint density at radius 1 is 1.18 bits per heavy atom. The van der Waals surface area contributed by atoms with Crippen LogP contribution in [0.15, 0.2) is 41.7 Å². The average molecular weight is 492 g/mol. The minimum Gasteiger partial charge on any atom is -0.337 e. The molecule has 0 radical (unpaired) electrons. The number of alkyl halides is 3. The predicted octanol–water partition coefficient (Wildman–Crippen LogP) is 5.08. The summed E-state index contributed by atoms with van der Waals surface area (Å²) in [6.45, 7) is 4.90. The van der Waals surface area contributed by atoms with Crippen LogP contribution in [0.25, 0.3) is 5.69 Å².